The first-order chi connectivity index (χ1) is 6.31. The number of hydrogen-bond donors (Lipinski definition) is 0. The van der Waals surface area contributed by atoms with Crippen LogP contribution in [0.15, 0.2) is 0 Å². The molecular formula is C5Cl9O. The maximum Gasteiger partial charge on any atom is 0.240 e. The van der Waals surface area contributed by atoms with Crippen molar-refractivity contribution in [2.45, 2.75) is 16.8 Å². The molecule has 0 aromatic heterocycles. The molecule has 89 valence electrons. The van der Waals surface area contributed by atoms with Crippen molar-refractivity contribution in [1.82, 2.24) is 0 Å². The Morgan fingerprint density at radius 2 is 1.00 bits per heavy atom. The van der Waals surface area contributed by atoms with E-state index in [1.54, 1.807) is 0 Å². The van der Waals surface area contributed by atoms with E-state index in [0.717, 1.165) is 6.29 Å². The molecule has 0 aromatic rings. The molecule has 0 saturated heterocycles. The summed E-state index contributed by atoms with van der Waals surface area (Å²) >= 11 is 49.6. The average Bonchev–Trinajstić information content (AvgIpc) is 2.01. The maximum atomic E-state index is 10.4. The summed E-state index contributed by atoms with van der Waals surface area (Å²) in [7, 11) is 0. The van der Waals surface area contributed by atoms with Crippen LogP contribution in [-0.4, -0.2) is 23.1 Å². The zero-order chi connectivity index (χ0) is 12.7. The zero-order valence-electron chi connectivity index (χ0n) is 6.31. The molecule has 0 saturated carbocycles. The van der Waals surface area contributed by atoms with Crippen molar-refractivity contribution >= 4 is 111 Å². The minimum Gasteiger partial charge on any atom is -0.287 e. The van der Waals surface area contributed by atoms with Gasteiger partial charge in [-0.2, -0.15) is 0 Å². The zero-order valence-corrected chi connectivity index (χ0v) is 13.1. The predicted octanol–water partition coefficient (Wildman–Crippen LogP) is 4.99. The summed E-state index contributed by atoms with van der Waals surface area (Å²) in [6, 6.07) is 0. The average molecular weight is 395 g/mol. The SMILES string of the molecule is O=[C]C(Cl)(Cl)C(Cl)(Cl)C(Cl)(Cl)C(Cl)(Cl)Cl. The molecule has 0 atom stereocenters. The summed E-state index contributed by atoms with van der Waals surface area (Å²) in [5, 5.41) is 0. The Bertz CT molecular complexity index is 252. The molecule has 0 bridgehead atoms. The summed E-state index contributed by atoms with van der Waals surface area (Å²) in [6.07, 6.45) is 1.13. The molecule has 0 N–H and O–H groups in total. The largest absolute Gasteiger partial charge is 0.287 e. The smallest absolute Gasteiger partial charge is 0.240 e. The molecule has 0 aliphatic heterocycles. The molecule has 0 spiro atoms. The molecule has 0 fully saturated rings. The van der Waals surface area contributed by atoms with Gasteiger partial charge < -0.3 is 0 Å². The maximum absolute atomic E-state index is 10.4. The highest BCUT2D eigenvalue weighted by molar-refractivity contribution is 6.81. The van der Waals surface area contributed by atoms with Crippen LogP contribution < -0.4 is 0 Å². The first kappa shape index (κ1) is 17.3. The van der Waals surface area contributed by atoms with Crippen LogP contribution in [0, 0.1) is 0 Å². The molecule has 1 nitrogen and oxygen atoms in total. The number of hydrogen-bond acceptors (Lipinski definition) is 1. The molecule has 10 heteroatoms. The van der Waals surface area contributed by atoms with Crippen LogP contribution in [0.25, 0.3) is 0 Å². The third kappa shape index (κ3) is 3.19. The Morgan fingerprint density at radius 1 is 0.667 bits per heavy atom. The number of halogens is 9. The lowest BCUT2D eigenvalue weighted by atomic mass is 10.2. The molecule has 15 heavy (non-hydrogen) atoms. The molecule has 0 aliphatic carbocycles. The lowest BCUT2D eigenvalue weighted by Gasteiger charge is -2.41. The highest BCUT2D eigenvalue weighted by Crippen LogP contribution is 2.61. The van der Waals surface area contributed by atoms with Crippen molar-refractivity contribution in [3.05, 3.63) is 0 Å². The van der Waals surface area contributed by atoms with E-state index < -0.39 is 16.8 Å². The van der Waals surface area contributed by atoms with Gasteiger partial charge in [0.1, 0.15) is 0 Å². The Labute approximate surface area is 131 Å². The van der Waals surface area contributed by atoms with E-state index in [0.29, 0.717) is 0 Å². The number of rotatable bonds is 3. The third-order valence-corrected chi connectivity index (χ3v) is 6.47. The van der Waals surface area contributed by atoms with Crippen LogP contribution in [-0.2, 0) is 4.79 Å². The summed E-state index contributed by atoms with van der Waals surface area (Å²) in [4.78, 5) is 10.4. The second-order valence-electron chi connectivity index (χ2n) is 2.32. The van der Waals surface area contributed by atoms with Gasteiger partial charge in [0.15, 0.2) is 4.33 Å². The Kier molecular flexibility index (Phi) is 5.88. The van der Waals surface area contributed by atoms with E-state index in [2.05, 4.69) is 0 Å². The van der Waals surface area contributed by atoms with E-state index in [9.17, 15) is 4.79 Å². The van der Waals surface area contributed by atoms with Gasteiger partial charge in [0.05, 0.1) is 0 Å². The first-order valence-corrected chi connectivity index (χ1v) is 6.31. The van der Waals surface area contributed by atoms with E-state index >= 15 is 0 Å². The van der Waals surface area contributed by atoms with Crippen LogP contribution in [0.1, 0.15) is 0 Å². The van der Waals surface area contributed by atoms with Gasteiger partial charge in [0, 0.05) is 0 Å². The Morgan fingerprint density at radius 3 is 1.20 bits per heavy atom. The van der Waals surface area contributed by atoms with E-state index in [-0.39, 0.29) is 0 Å². The lowest BCUT2D eigenvalue weighted by Crippen LogP contribution is -2.56. The van der Waals surface area contributed by atoms with Crippen molar-refractivity contribution in [2.75, 3.05) is 0 Å². The summed E-state index contributed by atoms with van der Waals surface area (Å²) in [6.45, 7) is 0. The molecule has 0 amide bonds. The third-order valence-electron chi connectivity index (χ3n) is 1.27. The highest BCUT2D eigenvalue weighted by Gasteiger charge is 2.68. The van der Waals surface area contributed by atoms with Crippen molar-refractivity contribution in [3.63, 3.8) is 0 Å². The van der Waals surface area contributed by atoms with Crippen molar-refractivity contribution in [3.8, 4) is 0 Å². The predicted molar refractivity (Wildman–Crippen MR) is 69.3 cm³/mol. The van der Waals surface area contributed by atoms with E-state index in [1.165, 1.54) is 0 Å². The van der Waals surface area contributed by atoms with Crippen molar-refractivity contribution in [2.24, 2.45) is 0 Å². The van der Waals surface area contributed by atoms with Crippen molar-refractivity contribution in [1.29, 1.82) is 0 Å². The van der Waals surface area contributed by atoms with E-state index in [1.807, 2.05) is 0 Å². The standard InChI is InChI=1S/C5Cl9O/c6-2(7,1-15)3(8,9)4(10,11)5(12,13)14. The van der Waals surface area contributed by atoms with Crippen LogP contribution in [0.4, 0.5) is 0 Å². The molecule has 0 heterocycles. The minimum absolute atomic E-state index is 1.13. The van der Waals surface area contributed by atoms with Crippen molar-refractivity contribution < 1.29 is 4.79 Å². The summed E-state index contributed by atoms with van der Waals surface area (Å²) < 4.78 is -9.72. The second-order valence-corrected chi connectivity index (χ2v) is 8.59. The first-order valence-electron chi connectivity index (χ1n) is 2.90. The highest BCUT2D eigenvalue weighted by atomic mass is 35.6. The monoisotopic (exact) mass is 391 g/mol. The fraction of sp³-hybridized carbons (Fsp3) is 0.800. The second kappa shape index (κ2) is 5.11. The Balaban J connectivity index is 5.47. The van der Waals surface area contributed by atoms with Gasteiger partial charge in [-0.3, -0.25) is 4.79 Å². The van der Waals surface area contributed by atoms with Gasteiger partial charge in [0.25, 0.3) is 0 Å². The van der Waals surface area contributed by atoms with Crippen LogP contribution >= 0.6 is 104 Å². The van der Waals surface area contributed by atoms with Gasteiger partial charge in [-0.05, 0) is 0 Å². The van der Waals surface area contributed by atoms with Gasteiger partial charge >= 0.3 is 0 Å². The summed E-state index contributed by atoms with van der Waals surface area (Å²) in [5.74, 6) is 0. The van der Waals surface area contributed by atoms with Crippen LogP contribution in [0.5, 0.6) is 0 Å². The number of alkyl halides is 9. The molecule has 1 radical (unpaired) electrons. The summed E-state index contributed by atoms with van der Waals surface area (Å²) in [5.41, 5.74) is 0. The molecular weight excluding hydrogens is 395 g/mol. The fourth-order valence-corrected chi connectivity index (χ4v) is 2.28. The minimum atomic E-state index is -2.49. The van der Waals surface area contributed by atoms with Gasteiger partial charge in [-0.15, -0.1) is 0 Å². The topological polar surface area (TPSA) is 17.1 Å². The fourth-order valence-electron chi connectivity index (χ4n) is 0.439. The Hall–Kier alpha value is 2.28. The van der Waals surface area contributed by atoms with E-state index in [4.69, 9.17) is 104 Å². The molecule has 0 aliphatic rings. The number of carbonyl (C=O) groups excluding carboxylic acids is 1. The molecule has 0 rings (SSSR count). The van der Waals surface area contributed by atoms with Crippen LogP contribution in [0.2, 0.25) is 0 Å². The lowest BCUT2D eigenvalue weighted by molar-refractivity contribution is 0.533. The van der Waals surface area contributed by atoms with Gasteiger partial charge in [-0.1, -0.05) is 104 Å². The van der Waals surface area contributed by atoms with Gasteiger partial charge in [0.2, 0.25) is 18.7 Å². The normalized spacial score (nSPS) is 15.3. The molecule has 0 aromatic carbocycles. The molecule has 0 unspecified atom stereocenters. The quantitative estimate of drug-likeness (QED) is 0.616. The van der Waals surface area contributed by atoms with Crippen LogP contribution in [0.3, 0.4) is 0 Å². The van der Waals surface area contributed by atoms with Gasteiger partial charge in [-0.25, -0.2) is 0 Å².